The van der Waals surface area contributed by atoms with Gasteiger partial charge in [-0.25, -0.2) is 0 Å². The van der Waals surface area contributed by atoms with Gasteiger partial charge >= 0.3 is 0 Å². The van der Waals surface area contributed by atoms with E-state index in [1.54, 1.807) is 0 Å². The van der Waals surface area contributed by atoms with Crippen LogP contribution in [0.3, 0.4) is 0 Å². The van der Waals surface area contributed by atoms with E-state index >= 15 is 0 Å². The number of rotatable bonds is 3. The number of nitrogens with zero attached hydrogens (tertiary/aromatic N) is 1. The molecule has 1 N–H and O–H groups in total. The van der Waals surface area contributed by atoms with E-state index in [2.05, 4.69) is 10.8 Å². The van der Waals surface area contributed by atoms with E-state index in [4.69, 9.17) is 18.0 Å². The highest BCUT2D eigenvalue weighted by molar-refractivity contribution is 6.30. The number of halogens is 1. The number of aliphatic hydroxyl groups is 1. The highest BCUT2D eigenvalue weighted by Crippen LogP contribution is 2.33. The molecule has 1 aliphatic heterocycles. The fraction of sp³-hybridized carbons (Fsp3) is 0.467. The van der Waals surface area contributed by atoms with Crippen LogP contribution in [0.25, 0.3) is 0 Å². The van der Waals surface area contributed by atoms with E-state index in [1.165, 1.54) is 0 Å². The zero-order chi connectivity index (χ0) is 13.0. The summed E-state index contributed by atoms with van der Waals surface area (Å²) in [5.41, 5.74) is 0.250. The first-order valence-electron chi connectivity index (χ1n) is 6.28. The lowest BCUT2D eigenvalue weighted by Crippen LogP contribution is -2.42. The monoisotopic (exact) mass is 263 g/mol. The smallest absolute Gasteiger partial charge is 0.0920 e. The first-order valence-corrected chi connectivity index (χ1v) is 6.66. The van der Waals surface area contributed by atoms with Gasteiger partial charge < -0.3 is 10.0 Å². The van der Waals surface area contributed by atoms with Gasteiger partial charge in [-0.1, -0.05) is 23.7 Å². The van der Waals surface area contributed by atoms with Crippen LogP contribution < -0.4 is 0 Å². The molecule has 3 heteroatoms. The number of hydrogen-bond acceptors (Lipinski definition) is 2. The Morgan fingerprint density at radius 1 is 1.28 bits per heavy atom. The predicted molar refractivity (Wildman–Crippen MR) is 74.5 cm³/mol. The number of hydrogen-bond donors (Lipinski definition) is 1. The summed E-state index contributed by atoms with van der Waals surface area (Å²) in [5.74, 6) is 2.65. The van der Waals surface area contributed by atoms with Crippen molar-refractivity contribution in [1.82, 2.24) is 4.90 Å². The van der Waals surface area contributed by atoms with Crippen LogP contribution in [0.4, 0.5) is 0 Å². The third-order valence-corrected chi connectivity index (χ3v) is 3.89. The molecular formula is C15H18ClNO. The van der Waals surface area contributed by atoms with Crippen molar-refractivity contribution in [2.45, 2.75) is 24.9 Å². The maximum atomic E-state index is 10.7. The molecule has 0 aliphatic carbocycles. The largest absolute Gasteiger partial charge is 0.385 e. The van der Waals surface area contributed by atoms with Gasteiger partial charge in [-0.3, -0.25) is 0 Å². The molecule has 0 aromatic heterocycles. The van der Waals surface area contributed by atoms with Crippen LogP contribution in [0.1, 0.15) is 24.8 Å². The Labute approximate surface area is 114 Å². The molecule has 0 saturated carbocycles. The van der Waals surface area contributed by atoms with Crippen LogP contribution >= 0.6 is 11.6 Å². The van der Waals surface area contributed by atoms with E-state index in [9.17, 15) is 5.11 Å². The van der Waals surface area contributed by atoms with Crippen molar-refractivity contribution in [3.8, 4) is 12.3 Å². The molecule has 0 bridgehead atoms. The van der Waals surface area contributed by atoms with Crippen molar-refractivity contribution >= 4 is 11.6 Å². The molecule has 2 rings (SSSR count). The van der Waals surface area contributed by atoms with Gasteiger partial charge in [0.15, 0.2) is 0 Å². The summed E-state index contributed by atoms with van der Waals surface area (Å²) in [4.78, 5) is 2.31. The van der Waals surface area contributed by atoms with Crippen LogP contribution in [-0.4, -0.2) is 29.6 Å². The number of terminal acetylenes is 1. The molecular weight excluding hydrogens is 246 g/mol. The maximum absolute atomic E-state index is 10.7. The van der Waals surface area contributed by atoms with Crippen molar-refractivity contribution in [1.29, 1.82) is 0 Å². The minimum atomic E-state index is -0.711. The van der Waals surface area contributed by atoms with Crippen molar-refractivity contribution in [3.63, 3.8) is 0 Å². The lowest BCUT2D eigenvalue weighted by molar-refractivity contribution is -0.0253. The summed E-state index contributed by atoms with van der Waals surface area (Å²) in [6, 6.07) is 7.50. The van der Waals surface area contributed by atoms with Crippen molar-refractivity contribution < 1.29 is 5.11 Å². The lowest BCUT2D eigenvalue weighted by Gasteiger charge is -2.38. The van der Waals surface area contributed by atoms with Crippen LogP contribution in [0, 0.1) is 12.3 Å². The van der Waals surface area contributed by atoms with E-state index in [1.807, 2.05) is 24.3 Å². The summed E-state index contributed by atoms with van der Waals surface area (Å²) >= 11 is 5.87. The third-order valence-electron chi connectivity index (χ3n) is 3.64. The van der Waals surface area contributed by atoms with E-state index < -0.39 is 5.60 Å². The zero-order valence-corrected chi connectivity index (χ0v) is 11.2. The van der Waals surface area contributed by atoms with E-state index in [0.29, 0.717) is 5.02 Å². The van der Waals surface area contributed by atoms with E-state index in [-0.39, 0.29) is 0 Å². The molecule has 96 valence electrons. The molecule has 1 saturated heterocycles. The number of piperidine rings is 1. The van der Waals surface area contributed by atoms with Crippen molar-refractivity contribution in [2.24, 2.45) is 0 Å². The van der Waals surface area contributed by atoms with Gasteiger partial charge in [0.05, 0.1) is 5.60 Å². The highest BCUT2D eigenvalue weighted by Gasteiger charge is 2.33. The molecule has 2 nitrogen and oxygen atoms in total. The van der Waals surface area contributed by atoms with Gasteiger partial charge in [0.1, 0.15) is 0 Å². The van der Waals surface area contributed by atoms with Gasteiger partial charge in [0.2, 0.25) is 0 Å². The van der Waals surface area contributed by atoms with Crippen LogP contribution in [0.5, 0.6) is 0 Å². The fourth-order valence-electron chi connectivity index (χ4n) is 2.42. The van der Waals surface area contributed by atoms with Gasteiger partial charge in [0.25, 0.3) is 0 Å². The number of benzene rings is 1. The molecule has 1 aromatic rings. The maximum Gasteiger partial charge on any atom is 0.0920 e. The Morgan fingerprint density at radius 2 is 1.89 bits per heavy atom. The first-order chi connectivity index (χ1) is 8.64. The standard InChI is InChI=1S/C15H18ClNO/c1-2-3-10-17-11-8-15(18,9-12-17)13-4-6-14(16)7-5-13/h1,4-7,18H,3,8-12H2. The summed E-state index contributed by atoms with van der Waals surface area (Å²) in [6.45, 7) is 2.70. The van der Waals surface area contributed by atoms with Gasteiger partial charge in [-0.15, -0.1) is 12.3 Å². The van der Waals surface area contributed by atoms with Gasteiger partial charge in [-0.05, 0) is 30.5 Å². The van der Waals surface area contributed by atoms with Crippen molar-refractivity contribution in [2.75, 3.05) is 19.6 Å². The quantitative estimate of drug-likeness (QED) is 0.848. The molecule has 0 unspecified atom stereocenters. The second kappa shape index (κ2) is 5.75. The number of likely N-dealkylation sites (tertiary alicyclic amines) is 1. The Hall–Kier alpha value is -1.01. The summed E-state index contributed by atoms with van der Waals surface area (Å²) in [5, 5.41) is 11.4. The molecule has 0 spiro atoms. The SMILES string of the molecule is C#CCCN1CCC(O)(c2ccc(Cl)cc2)CC1. The minimum Gasteiger partial charge on any atom is -0.385 e. The Bertz CT molecular complexity index is 427. The molecule has 0 radical (unpaired) electrons. The average Bonchev–Trinajstić information content (AvgIpc) is 2.39. The van der Waals surface area contributed by atoms with Gasteiger partial charge in [0, 0.05) is 31.1 Å². The Balaban J connectivity index is 1.99. The van der Waals surface area contributed by atoms with Gasteiger partial charge in [-0.2, -0.15) is 0 Å². The average molecular weight is 264 g/mol. The molecule has 18 heavy (non-hydrogen) atoms. The summed E-state index contributed by atoms with van der Waals surface area (Å²) in [7, 11) is 0. The van der Waals surface area contributed by atoms with Crippen LogP contribution in [0.15, 0.2) is 24.3 Å². The van der Waals surface area contributed by atoms with Crippen LogP contribution in [-0.2, 0) is 5.60 Å². The normalized spacial score (nSPS) is 19.4. The zero-order valence-electron chi connectivity index (χ0n) is 10.4. The molecule has 1 fully saturated rings. The highest BCUT2D eigenvalue weighted by atomic mass is 35.5. The molecule has 1 aromatic carbocycles. The summed E-state index contributed by atoms with van der Waals surface area (Å²) in [6.07, 6.45) is 7.54. The predicted octanol–water partition coefficient (Wildman–Crippen LogP) is 2.65. The summed E-state index contributed by atoms with van der Waals surface area (Å²) < 4.78 is 0. The Morgan fingerprint density at radius 3 is 2.44 bits per heavy atom. The third kappa shape index (κ3) is 3.05. The van der Waals surface area contributed by atoms with E-state index in [0.717, 1.165) is 44.5 Å². The fourth-order valence-corrected chi connectivity index (χ4v) is 2.54. The minimum absolute atomic E-state index is 0.703. The van der Waals surface area contributed by atoms with Crippen LogP contribution in [0.2, 0.25) is 5.02 Å². The first kappa shape index (κ1) is 13.4. The molecule has 1 aliphatic rings. The second-order valence-electron chi connectivity index (χ2n) is 4.83. The van der Waals surface area contributed by atoms with Crippen molar-refractivity contribution in [3.05, 3.63) is 34.9 Å². The Kier molecular flexibility index (Phi) is 4.29. The molecule has 1 heterocycles. The second-order valence-corrected chi connectivity index (χ2v) is 5.27. The topological polar surface area (TPSA) is 23.5 Å². The lowest BCUT2D eigenvalue weighted by atomic mass is 9.84. The molecule has 0 amide bonds. The molecule has 0 atom stereocenters.